The molecule has 2 heterocycles. The number of rotatable bonds is 4. The summed E-state index contributed by atoms with van der Waals surface area (Å²) in [6, 6.07) is -0.549. The second-order valence-electron chi connectivity index (χ2n) is 5.21. The van der Waals surface area contributed by atoms with E-state index in [9.17, 15) is 4.79 Å². The van der Waals surface area contributed by atoms with E-state index in [4.69, 9.17) is 10.8 Å². The van der Waals surface area contributed by atoms with Crippen molar-refractivity contribution in [3.8, 4) is 0 Å². The molecule has 1 aromatic heterocycles. The van der Waals surface area contributed by atoms with Crippen LogP contribution in [0.15, 0.2) is 12.4 Å². The molecule has 2 atom stereocenters. The first kappa shape index (κ1) is 13.7. The van der Waals surface area contributed by atoms with E-state index in [1.165, 1.54) is 6.42 Å². The van der Waals surface area contributed by atoms with Crippen LogP contribution in [-0.4, -0.2) is 34.1 Å². The van der Waals surface area contributed by atoms with Crippen molar-refractivity contribution in [2.75, 3.05) is 18.0 Å². The Balaban J connectivity index is 2.03. The monoisotopic (exact) mass is 264 g/mol. The lowest BCUT2D eigenvalue weighted by Gasteiger charge is -2.30. The molecule has 0 aromatic carbocycles. The summed E-state index contributed by atoms with van der Waals surface area (Å²) in [4.78, 5) is 21.4. The molecule has 19 heavy (non-hydrogen) atoms. The third-order valence-electron chi connectivity index (χ3n) is 3.42. The number of carboxylic acid groups (broad SMARTS) is 1. The second-order valence-corrected chi connectivity index (χ2v) is 5.21. The Kier molecular flexibility index (Phi) is 4.31. The largest absolute Gasteiger partial charge is 0.481 e. The van der Waals surface area contributed by atoms with E-state index in [1.807, 2.05) is 0 Å². The number of nitrogens with zero attached hydrogens (tertiary/aromatic N) is 3. The fourth-order valence-corrected chi connectivity index (χ4v) is 2.36. The molecule has 6 nitrogen and oxygen atoms in total. The maximum absolute atomic E-state index is 10.6. The Hall–Kier alpha value is -1.69. The minimum absolute atomic E-state index is 0.108. The number of piperidine rings is 1. The average Bonchev–Trinajstić information content (AvgIpc) is 2.38. The molecule has 0 bridgehead atoms. The lowest BCUT2D eigenvalue weighted by Crippen LogP contribution is -2.35. The van der Waals surface area contributed by atoms with Crippen LogP contribution in [0, 0.1) is 5.92 Å². The molecular formula is C13H20N4O2. The second kappa shape index (κ2) is 5.97. The summed E-state index contributed by atoms with van der Waals surface area (Å²) in [5.74, 6) is 0.450. The quantitative estimate of drug-likeness (QED) is 0.848. The highest BCUT2D eigenvalue weighted by Gasteiger charge is 2.19. The van der Waals surface area contributed by atoms with Crippen LogP contribution in [-0.2, 0) is 4.79 Å². The Labute approximate surface area is 112 Å². The van der Waals surface area contributed by atoms with Gasteiger partial charge in [-0.15, -0.1) is 0 Å². The number of nitrogens with two attached hydrogens (primary N) is 1. The summed E-state index contributed by atoms with van der Waals surface area (Å²) in [7, 11) is 0. The molecule has 1 saturated heterocycles. The van der Waals surface area contributed by atoms with Crippen molar-refractivity contribution in [2.45, 2.75) is 32.2 Å². The predicted molar refractivity (Wildman–Crippen MR) is 71.8 cm³/mol. The maximum Gasteiger partial charge on any atom is 0.305 e. The molecular weight excluding hydrogens is 244 g/mol. The van der Waals surface area contributed by atoms with Crippen LogP contribution in [0.25, 0.3) is 0 Å². The van der Waals surface area contributed by atoms with Crippen LogP contribution >= 0.6 is 0 Å². The van der Waals surface area contributed by atoms with Crippen molar-refractivity contribution in [1.29, 1.82) is 0 Å². The Morgan fingerprint density at radius 3 is 2.84 bits per heavy atom. The van der Waals surface area contributed by atoms with Gasteiger partial charge in [0.2, 0.25) is 5.95 Å². The Morgan fingerprint density at radius 2 is 2.26 bits per heavy atom. The molecule has 3 N–H and O–H groups in total. The van der Waals surface area contributed by atoms with Crippen LogP contribution in [0.2, 0.25) is 0 Å². The van der Waals surface area contributed by atoms with Gasteiger partial charge in [0.05, 0.1) is 6.42 Å². The molecule has 1 aliphatic rings. The number of carboxylic acids is 1. The summed E-state index contributed by atoms with van der Waals surface area (Å²) in [6.45, 7) is 4.18. The van der Waals surface area contributed by atoms with Gasteiger partial charge in [-0.2, -0.15) is 0 Å². The highest BCUT2D eigenvalue weighted by molar-refractivity contribution is 5.67. The molecule has 0 saturated carbocycles. The van der Waals surface area contributed by atoms with Gasteiger partial charge in [-0.1, -0.05) is 6.92 Å². The van der Waals surface area contributed by atoms with E-state index in [-0.39, 0.29) is 6.42 Å². The molecule has 0 aliphatic carbocycles. The summed E-state index contributed by atoms with van der Waals surface area (Å²) in [5.41, 5.74) is 6.44. The van der Waals surface area contributed by atoms with Crippen molar-refractivity contribution in [1.82, 2.24) is 9.97 Å². The number of aromatic nitrogens is 2. The highest BCUT2D eigenvalue weighted by atomic mass is 16.4. The molecule has 104 valence electrons. The zero-order valence-corrected chi connectivity index (χ0v) is 11.1. The van der Waals surface area contributed by atoms with Crippen molar-refractivity contribution in [3.05, 3.63) is 18.0 Å². The third-order valence-corrected chi connectivity index (χ3v) is 3.42. The zero-order chi connectivity index (χ0) is 13.8. The maximum atomic E-state index is 10.6. The van der Waals surface area contributed by atoms with Crippen molar-refractivity contribution < 1.29 is 9.90 Å². The van der Waals surface area contributed by atoms with E-state index in [0.717, 1.165) is 19.5 Å². The van der Waals surface area contributed by atoms with E-state index in [2.05, 4.69) is 21.8 Å². The fraction of sp³-hybridized carbons (Fsp3) is 0.615. The van der Waals surface area contributed by atoms with Gasteiger partial charge in [-0.3, -0.25) is 4.79 Å². The Bertz CT molecular complexity index is 435. The first-order chi connectivity index (χ1) is 9.06. The Morgan fingerprint density at radius 1 is 1.58 bits per heavy atom. The van der Waals surface area contributed by atoms with Crippen LogP contribution in [0.3, 0.4) is 0 Å². The average molecular weight is 264 g/mol. The minimum Gasteiger partial charge on any atom is -0.481 e. The van der Waals surface area contributed by atoms with Crippen LogP contribution in [0.4, 0.5) is 5.95 Å². The minimum atomic E-state index is -0.915. The number of hydrogen-bond donors (Lipinski definition) is 2. The normalized spacial score (nSPS) is 21.2. The topological polar surface area (TPSA) is 92.3 Å². The lowest BCUT2D eigenvalue weighted by atomic mass is 10.0. The molecule has 2 unspecified atom stereocenters. The van der Waals surface area contributed by atoms with Crippen molar-refractivity contribution in [2.24, 2.45) is 11.7 Å². The van der Waals surface area contributed by atoms with Gasteiger partial charge in [0, 0.05) is 37.1 Å². The molecule has 0 spiro atoms. The molecule has 1 aliphatic heterocycles. The number of aliphatic carboxylic acids is 1. The SMILES string of the molecule is CC1CCCN(c2ncc(C(N)CC(=O)O)cn2)C1. The van der Waals surface area contributed by atoms with Gasteiger partial charge in [-0.05, 0) is 18.8 Å². The summed E-state index contributed by atoms with van der Waals surface area (Å²) in [6.07, 6.45) is 5.57. The van der Waals surface area contributed by atoms with Gasteiger partial charge >= 0.3 is 5.97 Å². The van der Waals surface area contributed by atoms with Gasteiger partial charge < -0.3 is 15.7 Å². The molecule has 1 fully saturated rings. The fourth-order valence-electron chi connectivity index (χ4n) is 2.36. The van der Waals surface area contributed by atoms with Gasteiger partial charge in [0.1, 0.15) is 0 Å². The van der Waals surface area contributed by atoms with Crippen molar-refractivity contribution in [3.63, 3.8) is 0 Å². The molecule has 0 amide bonds. The summed E-state index contributed by atoms with van der Waals surface area (Å²) in [5, 5.41) is 8.70. The summed E-state index contributed by atoms with van der Waals surface area (Å²) >= 11 is 0. The number of anilines is 1. The highest BCUT2D eigenvalue weighted by Crippen LogP contribution is 2.20. The van der Waals surface area contributed by atoms with Gasteiger partial charge in [0.25, 0.3) is 0 Å². The van der Waals surface area contributed by atoms with E-state index >= 15 is 0 Å². The van der Waals surface area contributed by atoms with Crippen LogP contribution in [0.1, 0.15) is 37.8 Å². The number of carbonyl (C=O) groups is 1. The van der Waals surface area contributed by atoms with Crippen molar-refractivity contribution >= 4 is 11.9 Å². The summed E-state index contributed by atoms with van der Waals surface area (Å²) < 4.78 is 0. The first-order valence-electron chi connectivity index (χ1n) is 6.60. The smallest absolute Gasteiger partial charge is 0.305 e. The first-order valence-corrected chi connectivity index (χ1v) is 6.60. The van der Waals surface area contributed by atoms with Gasteiger partial charge in [-0.25, -0.2) is 9.97 Å². The molecule has 1 aromatic rings. The molecule has 0 radical (unpaired) electrons. The van der Waals surface area contributed by atoms with Gasteiger partial charge in [0.15, 0.2) is 0 Å². The molecule has 6 heteroatoms. The third kappa shape index (κ3) is 3.64. The number of hydrogen-bond acceptors (Lipinski definition) is 5. The lowest BCUT2D eigenvalue weighted by molar-refractivity contribution is -0.137. The molecule has 2 rings (SSSR count). The zero-order valence-electron chi connectivity index (χ0n) is 11.1. The van der Waals surface area contributed by atoms with Crippen LogP contribution in [0.5, 0.6) is 0 Å². The predicted octanol–water partition coefficient (Wildman–Crippen LogP) is 1.19. The van der Waals surface area contributed by atoms with E-state index in [0.29, 0.717) is 17.4 Å². The van der Waals surface area contributed by atoms with Crippen LogP contribution < -0.4 is 10.6 Å². The van der Waals surface area contributed by atoms with E-state index < -0.39 is 12.0 Å². The van der Waals surface area contributed by atoms with E-state index in [1.54, 1.807) is 12.4 Å². The standard InChI is InChI=1S/C13H20N4O2/c1-9-3-2-4-17(8-9)13-15-6-10(7-16-13)11(14)5-12(18)19/h6-7,9,11H,2-5,8,14H2,1H3,(H,18,19).